The van der Waals surface area contributed by atoms with Crippen LogP contribution in [0.3, 0.4) is 0 Å². The first-order chi connectivity index (χ1) is 5.98. The second-order valence-corrected chi connectivity index (χ2v) is 3.51. The molecule has 0 bridgehead atoms. The van der Waals surface area contributed by atoms with E-state index in [1.165, 1.54) is 0 Å². The molecule has 3 unspecified atom stereocenters. The molecule has 2 fully saturated rings. The molecule has 1 heterocycles. The molecule has 0 aromatic heterocycles. The predicted molar refractivity (Wildman–Crippen MR) is 38.9 cm³/mol. The topological polar surface area (TPSA) is 110 Å². The van der Waals surface area contributed by atoms with Crippen LogP contribution in [0, 0.1) is 11.8 Å². The highest BCUT2D eigenvalue weighted by molar-refractivity contribution is 5.85. The molecule has 1 aliphatic heterocycles. The SMILES string of the molecule is NC1(C(=O)O)COC2C1[C@@H]2C(=O)O. The monoisotopic (exact) mass is 187 g/mol. The first-order valence-electron chi connectivity index (χ1n) is 3.85. The Hall–Kier alpha value is -1.14. The van der Waals surface area contributed by atoms with Gasteiger partial charge in [-0.25, -0.2) is 0 Å². The molecule has 2 aliphatic rings. The van der Waals surface area contributed by atoms with Crippen molar-refractivity contribution in [3.8, 4) is 0 Å². The third kappa shape index (κ3) is 0.895. The smallest absolute Gasteiger partial charge is 0.326 e. The molecule has 1 saturated carbocycles. The number of nitrogens with two attached hydrogens (primary N) is 1. The second-order valence-electron chi connectivity index (χ2n) is 3.51. The van der Waals surface area contributed by atoms with E-state index < -0.39 is 35.4 Å². The van der Waals surface area contributed by atoms with Gasteiger partial charge in [-0.3, -0.25) is 9.59 Å². The van der Waals surface area contributed by atoms with Gasteiger partial charge in [-0.15, -0.1) is 0 Å². The van der Waals surface area contributed by atoms with E-state index in [1.807, 2.05) is 0 Å². The van der Waals surface area contributed by atoms with Gasteiger partial charge in [0.1, 0.15) is 5.54 Å². The summed E-state index contributed by atoms with van der Waals surface area (Å²) < 4.78 is 4.99. The fourth-order valence-corrected chi connectivity index (χ4v) is 1.93. The molecule has 0 aromatic carbocycles. The lowest BCUT2D eigenvalue weighted by Gasteiger charge is -2.19. The zero-order chi connectivity index (χ0) is 9.80. The van der Waals surface area contributed by atoms with Crippen molar-refractivity contribution in [3.05, 3.63) is 0 Å². The van der Waals surface area contributed by atoms with Gasteiger partial charge in [0.25, 0.3) is 0 Å². The molecular weight excluding hydrogens is 178 g/mol. The maximum absolute atomic E-state index is 10.7. The quantitative estimate of drug-likeness (QED) is 0.485. The van der Waals surface area contributed by atoms with Crippen molar-refractivity contribution >= 4 is 11.9 Å². The zero-order valence-electron chi connectivity index (χ0n) is 6.64. The van der Waals surface area contributed by atoms with Gasteiger partial charge >= 0.3 is 11.9 Å². The summed E-state index contributed by atoms with van der Waals surface area (Å²) in [5.74, 6) is -3.54. The van der Waals surface area contributed by atoms with Gasteiger partial charge < -0.3 is 20.7 Å². The molecular formula is C7H9NO5. The first kappa shape index (κ1) is 8.46. The number of carboxylic acid groups (broad SMARTS) is 2. The van der Waals surface area contributed by atoms with E-state index >= 15 is 0 Å². The molecule has 4 N–H and O–H groups in total. The van der Waals surface area contributed by atoms with E-state index in [1.54, 1.807) is 0 Å². The molecule has 1 saturated heterocycles. The molecule has 13 heavy (non-hydrogen) atoms. The highest BCUT2D eigenvalue weighted by Gasteiger charge is 2.72. The summed E-state index contributed by atoms with van der Waals surface area (Å²) in [6, 6.07) is 0. The maximum atomic E-state index is 10.7. The van der Waals surface area contributed by atoms with Crippen molar-refractivity contribution < 1.29 is 24.5 Å². The fraction of sp³-hybridized carbons (Fsp3) is 0.714. The third-order valence-electron chi connectivity index (χ3n) is 2.75. The van der Waals surface area contributed by atoms with Crippen molar-refractivity contribution in [3.63, 3.8) is 0 Å². The lowest BCUT2D eigenvalue weighted by molar-refractivity contribution is -0.147. The molecule has 0 aromatic rings. The van der Waals surface area contributed by atoms with E-state index in [4.69, 9.17) is 20.7 Å². The molecule has 0 spiro atoms. The fourth-order valence-electron chi connectivity index (χ4n) is 1.93. The standard InChI is InChI=1S/C7H9NO5/c8-7(6(11)12)1-13-4-2(3(4)7)5(9)10/h2-4H,1,8H2,(H,9,10)(H,11,12)/t2-,3?,4?,7?/m0/s1. The Balaban J connectivity index is 2.20. The van der Waals surface area contributed by atoms with Crippen molar-refractivity contribution in [1.29, 1.82) is 0 Å². The highest BCUT2D eigenvalue weighted by Crippen LogP contribution is 2.53. The predicted octanol–water partition coefficient (Wildman–Crippen LogP) is -1.50. The molecule has 0 radical (unpaired) electrons. The van der Waals surface area contributed by atoms with E-state index in [-0.39, 0.29) is 6.61 Å². The van der Waals surface area contributed by atoms with Gasteiger partial charge in [0.05, 0.1) is 18.6 Å². The lowest BCUT2D eigenvalue weighted by Crippen LogP contribution is -2.52. The third-order valence-corrected chi connectivity index (χ3v) is 2.75. The Labute approximate surface area is 73.3 Å². The summed E-state index contributed by atoms with van der Waals surface area (Å²) in [6.07, 6.45) is -0.501. The van der Waals surface area contributed by atoms with Crippen LogP contribution < -0.4 is 5.73 Å². The van der Waals surface area contributed by atoms with Gasteiger partial charge in [-0.2, -0.15) is 0 Å². The number of hydrogen-bond donors (Lipinski definition) is 3. The average Bonchev–Trinajstić information content (AvgIpc) is 2.66. The summed E-state index contributed by atoms with van der Waals surface area (Å²) in [5.41, 5.74) is 4.02. The summed E-state index contributed by atoms with van der Waals surface area (Å²) in [7, 11) is 0. The highest BCUT2D eigenvalue weighted by atomic mass is 16.5. The minimum absolute atomic E-state index is 0.0958. The van der Waals surface area contributed by atoms with Crippen molar-refractivity contribution in [2.24, 2.45) is 17.6 Å². The summed E-state index contributed by atoms with van der Waals surface area (Å²) in [5, 5.41) is 17.4. The maximum Gasteiger partial charge on any atom is 0.326 e. The average molecular weight is 187 g/mol. The number of carbonyl (C=O) groups is 2. The van der Waals surface area contributed by atoms with Crippen LogP contribution in [-0.2, 0) is 14.3 Å². The van der Waals surface area contributed by atoms with Crippen LogP contribution in [0.1, 0.15) is 0 Å². The minimum Gasteiger partial charge on any atom is -0.481 e. The second kappa shape index (κ2) is 2.21. The molecule has 2 rings (SSSR count). The molecule has 6 nitrogen and oxygen atoms in total. The Morgan fingerprint density at radius 3 is 2.46 bits per heavy atom. The van der Waals surface area contributed by atoms with E-state index in [0.29, 0.717) is 0 Å². The Bertz CT molecular complexity index is 291. The van der Waals surface area contributed by atoms with Crippen LogP contribution in [-0.4, -0.2) is 40.4 Å². The number of fused-ring (bicyclic) bond motifs is 1. The van der Waals surface area contributed by atoms with Gasteiger partial charge in [-0.1, -0.05) is 0 Å². The Kier molecular flexibility index (Phi) is 1.44. The van der Waals surface area contributed by atoms with Gasteiger partial charge in [0, 0.05) is 5.92 Å². The van der Waals surface area contributed by atoms with Crippen LogP contribution in [0.15, 0.2) is 0 Å². The van der Waals surface area contributed by atoms with Crippen molar-refractivity contribution in [1.82, 2.24) is 0 Å². The molecule has 72 valence electrons. The first-order valence-corrected chi connectivity index (χ1v) is 3.85. The molecule has 1 aliphatic carbocycles. The lowest BCUT2D eigenvalue weighted by atomic mass is 9.95. The summed E-state index contributed by atoms with van der Waals surface area (Å²) in [4.78, 5) is 21.3. The summed E-state index contributed by atoms with van der Waals surface area (Å²) >= 11 is 0. The Morgan fingerprint density at radius 2 is 2.08 bits per heavy atom. The van der Waals surface area contributed by atoms with Crippen molar-refractivity contribution in [2.75, 3.05) is 6.61 Å². The largest absolute Gasteiger partial charge is 0.481 e. The van der Waals surface area contributed by atoms with E-state index in [9.17, 15) is 9.59 Å². The van der Waals surface area contributed by atoms with Crippen molar-refractivity contribution in [2.45, 2.75) is 11.6 Å². The number of carboxylic acids is 2. The van der Waals surface area contributed by atoms with Crippen LogP contribution in [0.2, 0.25) is 0 Å². The number of aliphatic carboxylic acids is 2. The number of rotatable bonds is 2. The van der Waals surface area contributed by atoms with Crippen LogP contribution >= 0.6 is 0 Å². The van der Waals surface area contributed by atoms with Crippen LogP contribution in [0.4, 0.5) is 0 Å². The van der Waals surface area contributed by atoms with Gasteiger partial charge in [0.2, 0.25) is 0 Å². The molecule has 4 atom stereocenters. The van der Waals surface area contributed by atoms with E-state index in [2.05, 4.69) is 0 Å². The number of ether oxygens (including phenoxy) is 1. The number of hydrogen-bond acceptors (Lipinski definition) is 4. The summed E-state index contributed by atoms with van der Waals surface area (Å²) in [6.45, 7) is -0.0958. The van der Waals surface area contributed by atoms with Crippen LogP contribution in [0.5, 0.6) is 0 Å². The van der Waals surface area contributed by atoms with Gasteiger partial charge in [-0.05, 0) is 0 Å². The van der Waals surface area contributed by atoms with Crippen LogP contribution in [0.25, 0.3) is 0 Å². The zero-order valence-corrected chi connectivity index (χ0v) is 6.64. The van der Waals surface area contributed by atoms with Gasteiger partial charge in [0.15, 0.2) is 0 Å². The minimum atomic E-state index is -1.51. The molecule has 0 amide bonds. The Morgan fingerprint density at radius 1 is 1.46 bits per heavy atom. The van der Waals surface area contributed by atoms with E-state index in [0.717, 1.165) is 0 Å². The molecule has 6 heteroatoms. The normalized spacial score (nSPS) is 47.0.